The van der Waals surface area contributed by atoms with Crippen LogP contribution in [0.1, 0.15) is 31.1 Å². The number of nitrogens with zero attached hydrogens (tertiary/aromatic N) is 2. The summed E-state index contributed by atoms with van der Waals surface area (Å²) in [5, 5.41) is 5.21. The lowest BCUT2D eigenvalue weighted by Gasteiger charge is -2.16. The summed E-state index contributed by atoms with van der Waals surface area (Å²) in [4.78, 5) is 19.8. The second-order valence-corrected chi connectivity index (χ2v) is 7.51. The Labute approximate surface area is 140 Å². The van der Waals surface area contributed by atoms with Crippen molar-refractivity contribution in [2.75, 3.05) is 0 Å². The third-order valence-corrected chi connectivity index (χ3v) is 5.64. The molecule has 1 N–H and O–H groups in total. The van der Waals surface area contributed by atoms with E-state index in [-0.39, 0.29) is 11.8 Å². The molecule has 3 atom stereocenters. The Morgan fingerprint density at radius 3 is 2.91 bits per heavy atom. The second-order valence-electron chi connectivity index (χ2n) is 6.59. The number of carbonyl (C=O) groups is 1. The molecule has 0 saturated heterocycles. The van der Waals surface area contributed by atoms with Crippen LogP contribution in [0.25, 0.3) is 22.4 Å². The van der Waals surface area contributed by atoms with E-state index in [2.05, 4.69) is 31.1 Å². The molecule has 23 heavy (non-hydrogen) atoms. The first-order valence-electron chi connectivity index (χ1n) is 7.82. The van der Waals surface area contributed by atoms with Crippen molar-refractivity contribution in [3.63, 3.8) is 0 Å². The van der Waals surface area contributed by atoms with E-state index in [1.165, 1.54) is 0 Å². The molecule has 1 aromatic carbocycles. The van der Waals surface area contributed by atoms with E-state index in [1.807, 2.05) is 24.3 Å². The van der Waals surface area contributed by atoms with Crippen LogP contribution < -0.4 is 0 Å². The van der Waals surface area contributed by atoms with Gasteiger partial charge in [-0.3, -0.25) is 4.79 Å². The average Bonchev–Trinajstić information content (AvgIpc) is 3.27. The summed E-state index contributed by atoms with van der Waals surface area (Å²) in [5.41, 5.74) is 1.87. The van der Waals surface area contributed by atoms with Crippen molar-refractivity contribution in [2.45, 2.75) is 25.2 Å². The van der Waals surface area contributed by atoms with E-state index in [0.717, 1.165) is 40.3 Å². The summed E-state index contributed by atoms with van der Waals surface area (Å²) >= 11 is 3.48. The normalized spacial score (nSPS) is 26.5. The Balaban J connectivity index is 1.50. The molecule has 2 heterocycles. The van der Waals surface area contributed by atoms with Gasteiger partial charge in [0.2, 0.25) is 11.7 Å². The topological polar surface area (TPSA) is 71.8 Å². The molecule has 0 aliphatic heterocycles. The minimum Gasteiger partial charge on any atom is -0.352 e. The molecule has 0 amide bonds. The van der Waals surface area contributed by atoms with Gasteiger partial charge in [-0.25, -0.2) is 0 Å². The first-order chi connectivity index (χ1) is 11.2. The fourth-order valence-electron chi connectivity index (χ4n) is 4.09. The predicted octanol–water partition coefficient (Wildman–Crippen LogP) is 4.06. The Morgan fingerprint density at radius 2 is 2.09 bits per heavy atom. The van der Waals surface area contributed by atoms with Gasteiger partial charge in [0.1, 0.15) is 5.78 Å². The van der Waals surface area contributed by atoms with E-state index in [1.54, 1.807) is 0 Å². The quantitative estimate of drug-likeness (QED) is 0.736. The number of ketones is 1. The number of aromatic nitrogens is 3. The maximum atomic E-state index is 11.9. The fourth-order valence-corrected chi connectivity index (χ4v) is 4.47. The van der Waals surface area contributed by atoms with Crippen molar-refractivity contribution in [3.05, 3.63) is 34.6 Å². The summed E-state index contributed by atoms with van der Waals surface area (Å²) < 4.78 is 6.51. The molecule has 2 aromatic heterocycles. The third kappa shape index (κ3) is 2.08. The summed E-state index contributed by atoms with van der Waals surface area (Å²) in [5.74, 6) is 2.25. The van der Waals surface area contributed by atoms with Crippen molar-refractivity contribution < 1.29 is 9.32 Å². The largest absolute Gasteiger partial charge is 0.352 e. The number of hydrogen-bond donors (Lipinski definition) is 1. The number of rotatable bonds is 2. The van der Waals surface area contributed by atoms with Gasteiger partial charge in [-0.05, 0) is 43.0 Å². The Bertz CT molecular complexity index is 929. The van der Waals surface area contributed by atoms with Crippen molar-refractivity contribution in [2.24, 2.45) is 11.8 Å². The number of hydrogen-bond acceptors (Lipinski definition) is 4. The second kappa shape index (κ2) is 4.77. The maximum Gasteiger partial charge on any atom is 0.230 e. The Kier molecular flexibility index (Phi) is 2.80. The highest BCUT2D eigenvalue weighted by Crippen LogP contribution is 2.50. The zero-order chi connectivity index (χ0) is 15.6. The molecule has 2 fully saturated rings. The van der Waals surface area contributed by atoms with Gasteiger partial charge in [0.05, 0.1) is 5.69 Å². The smallest absolute Gasteiger partial charge is 0.230 e. The summed E-state index contributed by atoms with van der Waals surface area (Å²) in [6, 6.07) is 8.06. The van der Waals surface area contributed by atoms with Crippen LogP contribution in [0.15, 0.2) is 33.3 Å². The number of carbonyl (C=O) groups excluding carboxylic acids is 1. The number of benzene rings is 1. The monoisotopic (exact) mass is 371 g/mol. The number of aromatic amines is 1. The zero-order valence-corrected chi connectivity index (χ0v) is 13.8. The molecule has 6 heteroatoms. The zero-order valence-electron chi connectivity index (χ0n) is 12.3. The molecule has 0 radical (unpaired) electrons. The molecular formula is C17H14BrN3O2. The van der Waals surface area contributed by atoms with Gasteiger partial charge in [-0.2, -0.15) is 4.98 Å². The van der Waals surface area contributed by atoms with E-state index in [4.69, 9.17) is 4.52 Å². The fraction of sp³-hybridized carbons (Fsp3) is 0.353. The summed E-state index contributed by atoms with van der Waals surface area (Å²) in [7, 11) is 0. The number of halogens is 1. The molecule has 1 unspecified atom stereocenters. The van der Waals surface area contributed by atoms with Crippen LogP contribution in [0.3, 0.4) is 0 Å². The number of nitrogens with one attached hydrogen (secondary N) is 1. The predicted molar refractivity (Wildman–Crippen MR) is 87.9 cm³/mol. The van der Waals surface area contributed by atoms with Gasteiger partial charge in [0, 0.05) is 33.6 Å². The van der Waals surface area contributed by atoms with Crippen LogP contribution in [0.5, 0.6) is 0 Å². The molecular weight excluding hydrogens is 358 g/mol. The van der Waals surface area contributed by atoms with Crippen molar-refractivity contribution in [1.29, 1.82) is 0 Å². The van der Waals surface area contributed by atoms with Gasteiger partial charge in [-0.15, -0.1) is 0 Å². The summed E-state index contributed by atoms with van der Waals surface area (Å²) in [6.45, 7) is 0. The van der Waals surface area contributed by atoms with Crippen molar-refractivity contribution in [1.82, 2.24) is 15.1 Å². The highest BCUT2D eigenvalue weighted by molar-refractivity contribution is 9.10. The van der Waals surface area contributed by atoms with Crippen molar-refractivity contribution >= 4 is 32.6 Å². The minimum atomic E-state index is 0.0898. The lowest BCUT2D eigenvalue weighted by atomic mass is 9.88. The summed E-state index contributed by atoms with van der Waals surface area (Å²) in [6.07, 6.45) is 2.72. The van der Waals surface area contributed by atoms with E-state index < -0.39 is 0 Å². The van der Waals surface area contributed by atoms with Gasteiger partial charge in [0.25, 0.3) is 0 Å². The van der Waals surface area contributed by atoms with E-state index >= 15 is 0 Å². The minimum absolute atomic E-state index is 0.0898. The number of H-pyrrole nitrogens is 1. The highest BCUT2D eigenvalue weighted by atomic mass is 79.9. The molecule has 3 aromatic rings. The van der Waals surface area contributed by atoms with Gasteiger partial charge < -0.3 is 9.51 Å². The SMILES string of the molecule is O=C1C[C@@H]2CC(c3nc(-c4cc5cc(Br)ccc5[nH]4)no3)[C@H]1C2. The molecule has 5 rings (SSSR count). The number of fused-ring (bicyclic) bond motifs is 3. The molecule has 2 aliphatic carbocycles. The third-order valence-electron chi connectivity index (χ3n) is 5.15. The van der Waals surface area contributed by atoms with E-state index in [0.29, 0.717) is 23.4 Å². The highest BCUT2D eigenvalue weighted by Gasteiger charge is 2.48. The first kappa shape index (κ1) is 13.5. The van der Waals surface area contributed by atoms with Gasteiger partial charge >= 0.3 is 0 Å². The van der Waals surface area contributed by atoms with Crippen LogP contribution in [0, 0.1) is 11.8 Å². The number of Topliss-reactive ketones (excluding diaryl/α,β-unsaturated/α-hetero) is 1. The molecule has 0 spiro atoms. The first-order valence-corrected chi connectivity index (χ1v) is 8.61. The van der Waals surface area contributed by atoms with Crippen LogP contribution in [0.2, 0.25) is 0 Å². The lowest BCUT2D eigenvalue weighted by Crippen LogP contribution is -2.18. The van der Waals surface area contributed by atoms with Gasteiger partial charge in [-0.1, -0.05) is 21.1 Å². The van der Waals surface area contributed by atoms with E-state index in [9.17, 15) is 4.79 Å². The molecule has 116 valence electrons. The Morgan fingerprint density at radius 1 is 1.22 bits per heavy atom. The molecule has 2 bridgehead atoms. The Hall–Kier alpha value is -1.95. The lowest BCUT2D eigenvalue weighted by molar-refractivity contribution is -0.122. The standard InChI is InChI=1S/C17H14BrN3O2/c18-10-1-2-13-9(6-10)7-14(19-13)16-20-17(23-21-16)12-4-8-3-11(12)15(22)5-8/h1-2,6-8,11-12,19H,3-5H2/t8-,11+,12?/m0/s1. The van der Waals surface area contributed by atoms with Crippen LogP contribution >= 0.6 is 15.9 Å². The van der Waals surface area contributed by atoms with Crippen LogP contribution in [-0.2, 0) is 4.79 Å². The van der Waals surface area contributed by atoms with Gasteiger partial charge in [0.15, 0.2) is 0 Å². The van der Waals surface area contributed by atoms with Crippen LogP contribution in [0.4, 0.5) is 0 Å². The average molecular weight is 372 g/mol. The van der Waals surface area contributed by atoms with Crippen molar-refractivity contribution in [3.8, 4) is 11.5 Å². The molecule has 2 aliphatic rings. The molecule has 2 saturated carbocycles. The van der Waals surface area contributed by atoms with Crippen LogP contribution in [-0.4, -0.2) is 20.9 Å². The molecule has 5 nitrogen and oxygen atoms in total. The maximum absolute atomic E-state index is 11.9.